The minimum absolute atomic E-state index is 0.210. The van der Waals surface area contributed by atoms with Crippen LogP contribution in [0.2, 0.25) is 0 Å². The van der Waals surface area contributed by atoms with Gasteiger partial charge in [0.25, 0.3) is 5.91 Å². The highest BCUT2D eigenvalue weighted by molar-refractivity contribution is 6.06. The van der Waals surface area contributed by atoms with Crippen LogP contribution in [0.3, 0.4) is 0 Å². The average Bonchev–Trinajstić information content (AvgIpc) is 2.62. The zero-order valence-corrected chi connectivity index (χ0v) is 13.5. The van der Waals surface area contributed by atoms with Gasteiger partial charge in [0.05, 0.1) is 18.4 Å². The highest BCUT2D eigenvalue weighted by Gasteiger charge is 2.11. The van der Waals surface area contributed by atoms with Gasteiger partial charge in [-0.1, -0.05) is 24.3 Å². The van der Waals surface area contributed by atoms with E-state index in [9.17, 15) is 4.79 Å². The molecular formula is C19H17N3O2. The number of ether oxygens (including phenoxy) is 1. The van der Waals surface area contributed by atoms with Crippen molar-refractivity contribution in [1.82, 2.24) is 9.97 Å². The number of para-hydroxylation sites is 1. The molecule has 0 aliphatic rings. The topological polar surface area (TPSA) is 64.1 Å². The molecule has 0 bridgehead atoms. The lowest BCUT2D eigenvalue weighted by Gasteiger charge is -2.09. The second-order valence-electron chi connectivity index (χ2n) is 5.22. The molecule has 0 atom stereocenters. The van der Waals surface area contributed by atoms with Gasteiger partial charge < -0.3 is 10.1 Å². The molecule has 0 unspecified atom stereocenters. The van der Waals surface area contributed by atoms with Crippen molar-refractivity contribution in [3.63, 3.8) is 0 Å². The van der Waals surface area contributed by atoms with Gasteiger partial charge in [-0.3, -0.25) is 4.79 Å². The fourth-order valence-electron chi connectivity index (χ4n) is 2.37. The molecule has 5 heteroatoms. The molecule has 1 N–H and O–H groups in total. The van der Waals surface area contributed by atoms with Gasteiger partial charge in [0.15, 0.2) is 0 Å². The predicted octanol–water partition coefficient (Wildman–Crippen LogP) is 3.71. The van der Waals surface area contributed by atoms with Crippen LogP contribution in [0.25, 0.3) is 11.3 Å². The third kappa shape index (κ3) is 3.41. The SMILES string of the molecule is COc1ccccc1C(=O)Nc1ccc(-c2ccnc(C)n2)cc1. The molecule has 0 aliphatic heterocycles. The van der Waals surface area contributed by atoms with Crippen LogP contribution < -0.4 is 10.1 Å². The molecule has 0 spiro atoms. The molecular weight excluding hydrogens is 302 g/mol. The molecule has 1 amide bonds. The van der Waals surface area contributed by atoms with Crippen molar-refractivity contribution >= 4 is 11.6 Å². The maximum atomic E-state index is 12.4. The first-order chi connectivity index (χ1) is 11.7. The molecule has 1 aromatic heterocycles. The summed E-state index contributed by atoms with van der Waals surface area (Å²) in [6.45, 7) is 1.85. The van der Waals surface area contributed by atoms with Gasteiger partial charge in [0, 0.05) is 17.4 Å². The molecule has 24 heavy (non-hydrogen) atoms. The van der Waals surface area contributed by atoms with E-state index in [1.54, 1.807) is 31.5 Å². The second kappa shape index (κ2) is 6.91. The smallest absolute Gasteiger partial charge is 0.259 e. The maximum Gasteiger partial charge on any atom is 0.259 e. The van der Waals surface area contributed by atoms with E-state index in [0.29, 0.717) is 17.0 Å². The van der Waals surface area contributed by atoms with Gasteiger partial charge in [-0.15, -0.1) is 0 Å². The zero-order valence-electron chi connectivity index (χ0n) is 13.5. The molecule has 1 heterocycles. The normalized spacial score (nSPS) is 10.2. The molecule has 2 aromatic carbocycles. The third-order valence-electron chi connectivity index (χ3n) is 3.57. The molecule has 120 valence electrons. The molecule has 0 aliphatic carbocycles. The Balaban J connectivity index is 1.78. The molecule has 0 saturated carbocycles. The number of carbonyl (C=O) groups excluding carboxylic acids is 1. The van der Waals surface area contributed by atoms with Crippen molar-refractivity contribution in [2.75, 3.05) is 12.4 Å². The summed E-state index contributed by atoms with van der Waals surface area (Å²) >= 11 is 0. The van der Waals surface area contributed by atoms with Gasteiger partial charge in [-0.05, 0) is 37.3 Å². The summed E-state index contributed by atoms with van der Waals surface area (Å²) in [6.07, 6.45) is 1.73. The first-order valence-corrected chi connectivity index (χ1v) is 7.52. The van der Waals surface area contributed by atoms with Crippen molar-refractivity contribution in [3.05, 3.63) is 72.2 Å². The average molecular weight is 319 g/mol. The van der Waals surface area contributed by atoms with Gasteiger partial charge in [0.2, 0.25) is 0 Å². The largest absolute Gasteiger partial charge is 0.496 e. The number of benzene rings is 2. The summed E-state index contributed by atoms with van der Waals surface area (Å²) < 4.78 is 5.22. The first kappa shape index (κ1) is 15.7. The van der Waals surface area contributed by atoms with Crippen molar-refractivity contribution in [2.45, 2.75) is 6.92 Å². The molecule has 3 rings (SSSR count). The number of anilines is 1. The number of hydrogen-bond acceptors (Lipinski definition) is 4. The van der Waals surface area contributed by atoms with Crippen LogP contribution >= 0.6 is 0 Å². The number of methoxy groups -OCH3 is 1. The quantitative estimate of drug-likeness (QED) is 0.796. The van der Waals surface area contributed by atoms with E-state index in [0.717, 1.165) is 17.1 Å². The number of aryl methyl sites for hydroxylation is 1. The number of rotatable bonds is 4. The fourth-order valence-corrected chi connectivity index (χ4v) is 2.37. The van der Waals surface area contributed by atoms with Crippen LogP contribution in [-0.2, 0) is 0 Å². The highest BCUT2D eigenvalue weighted by Crippen LogP contribution is 2.22. The van der Waals surface area contributed by atoms with Crippen molar-refractivity contribution in [2.24, 2.45) is 0 Å². The van der Waals surface area contributed by atoms with E-state index in [-0.39, 0.29) is 5.91 Å². The maximum absolute atomic E-state index is 12.4. The van der Waals surface area contributed by atoms with E-state index in [1.165, 1.54) is 0 Å². The highest BCUT2D eigenvalue weighted by atomic mass is 16.5. The van der Waals surface area contributed by atoms with Crippen LogP contribution in [0, 0.1) is 6.92 Å². The Morgan fingerprint density at radius 1 is 1.04 bits per heavy atom. The van der Waals surface area contributed by atoms with Gasteiger partial charge in [-0.25, -0.2) is 9.97 Å². The van der Waals surface area contributed by atoms with Gasteiger partial charge in [-0.2, -0.15) is 0 Å². The number of carbonyl (C=O) groups is 1. The van der Waals surface area contributed by atoms with Crippen LogP contribution in [0.1, 0.15) is 16.2 Å². The van der Waals surface area contributed by atoms with Crippen LogP contribution in [0.4, 0.5) is 5.69 Å². The van der Waals surface area contributed by atoms with Crippen molar-refractivity contribution in [3.8, 4) is 17.0 Å². The Hall–Kier alpha value is -3.21. The summed E-state index contributed by atoms with van der Waals surface area (Å²) in [6, 6.07) is 16.5. The lowest BCUT2D eigenvalue weighted by molar-refractivity contribution is 0.102. The second-order valence-corrected chi connectivity index (χ2v) is 5.22. The molecule has 3 aromatic rings. The Kier molecular flexibility index (Phi) is 4.52. The molecule has 0 saturated heterocycles. The van der Waals surface area contributed by atoms with E-state index in [4.69, 9.17) is 4.74 Å². The summed E-state index contributed by atoms with van der Waals surface area (Å²) in [5.41, 5.74) is 3.02. The van der Waals surface area contributed by atoms with Gasteiger partial charge >= 0.3 is 0 Å². The van der Waals surface area contributed by atoms with Crippen molar-refractivity contribution in [1.29, 1.82) is 0 Å². The van der Waals surface area contributed by atoms with Crippen LogP contribution in [0.15, 0.2) is 60.8 Å². The first-order valence-electron chi connectivity index (χ1n) is 7.52. The summed E-state index contributed by atoms with van der Waals surface area (Å²) in [4.78, 5) is 20.9. The fraction of sp³-hybridized carbons (Fsp3) is 0.105. The number of aromatic nitrogens is 2. The third-order valence-corrected chi connectivity index (χ3v) is 3.57. The lowest BCUT2D eigenvalue weighted by Crippen LogP contribution is -2.13. The number of nitrogens with zero attached hydrogens (tertiary/aromatic N) is 2. The van der Waals surface area contributed by atoms with Gasteiger partial charge in [0.1, 0.15) is 11.6 Å². The molecule has 0 radical (unpaired) electrons. The van der Waals surface area contributed by atoms with Crippen LogP contribution in [0.5, 0.6) is 5.75 Å². The van der Waals surface area contributed by atoms with E-state index in [1.807, 2.05) is 43.3 Å². The summed E-state index contributed by atoms with van der Waals surface area (Å²) in [5.74, 6) is 1.06. The minimum atomic E-state index is -0.210. The monoisotopic (exact) mass is 319 g/mol. The number of hydrogen-bond donors (Lipinski definition) is 1. The van der Waals surface area contributed by atoms with Crippen molar-refractivity contribution < 1.29 is 9.53 Å². The Morgan fingerprint density at radius 3 is 2.50 bits per heavy atom. The summed E-state index contributed by atoms with van der Waals surface area (Å²) in [7, 11) is 1.55. The zero-order chi connectivity index (χ0) is 16.9. The number of nitrogens with one attached hydrogen (secondary N) is 1. The molecule has 5 nitrogen and oxygen atoms in total. The summed E-state index contributed by atoms with van der Waals surface area (Å²) in [5, 5.41) is 2.87. The Morgan fingerprint density at radius 2 is 1.79 bits per heavy atom. The Labute approximate surface area is 140 Å². The molecule has 0 fully saturated rings. The lowest BCUT2D eigenvalue weighted by atomic mass is 10.1. The van der Waals surface area contributed by atoms with E-state index >= 15 is 0 Å². The minimum Gasteiger partial charge on any atom is -0.496 e. The standard InChI is InChI=1S/C19H17N3O2/c1-13-20-12-11-17(21-13)14-7-9-15(10-8-14)22-19(23)16-5-3-4-6-18(16)24-2/h3-12H,1-2H3,(H,22,23). The van der Waals surface area contributed by atoms with E-state index < -0.39 is 0 Å². The Bertz CT molecular complexity index is 860. The van der Waals surface area contributed by atoms with Crippen LogP contribution in [-0.4, -0.2) is 23.0 Å². The predicted molar refractivity (Wildman–Crippen MR) is 93.2 cm³/mol. The van der Waals surface area contributed by atoms with E-state index in [2.05, 4.69) is 15.3 Å². The number of amides is 1.